The Balaban J connectivity index is 0.000000399. The van der Waals surface area contributed by atoms with Crippen molar-refractivity contribution in [1.82, 2.24) is 0 Å². The van der Waals surface area contributed by atoms with Crippen LogP contribution in [0, 0.1) is 0 Å². The fraction of sp³-hybridized carbons (Fsp3) is 0.412. The molecule has 0 fully saturated rings. The summed E-state index contributed by atoms with van der Waals surface area (Å²) in [6.07, 6.45) is 5.62. The molecule has 1 aliphatic carbocycles. The number of rotatable bonds is 3. The number of halogens is 4. The van der Waals surface area contributed by atoms with Crippen LogP contribution in [-0.4, -0.2) is 32.4 Å². The van der Waals surface area contributed by atoms with Crippen LogP contribution in [0.5, 0.6) is 5.75 Å². The van der Waals surface area contributed by atoms with Gasteiger partial charge in [-0.15, -0.1) is 0 Å². The lowest BCUT2D eigenvalue weighted by atomic mass is 9.83. The summed E-state index contributed by atoms with van der Waals surface area (Å²) in [6.45, 7) is 0.760. The topological polar surface area (TPSA) is 38.7 Å². The van der Waals surface area contributed by atoms with Gasteiger partial charge >= 0.3 is 7.25 Å². The lowest BCUT2D eigenvalue weighted by molar-refractivity contribution is 0.106. The predicted molar refractivity (Wildman–Crippen MR) is 89.9 cm³/mol. The van der Waals surface area contributed by atoms with Gasteiger partial charge in [0.25, 0.3) is 0 Å². The highest BCUT2D eigenvalue weighted by molar-refractivity contribution is 6.51. The maximum absolute atomic E-state index is 12.6. The molecule has 0 bridgehead atoms. The predicted octanol–water partition coefficient (Wildman–Crippen LogP) is 4.89. The van der Waals surface area contributed by atoms with Gasteiger partial charge in [0.1, 0.15) is 11.5 Å². The number of hydrogen-bond acceptors (Lipinski definition) is 3. The third kappa shape index (κ3) is 5.72. The second kappa shape index (κ2) is 8.31. The SMILES string of the molecule is COc1ccc(C(=O)C2=NCCC3=C2CCCC3)cc1.F[B-](F)(F)F. The number of ketones is 1. The molecule has 25 heavy (non-hydrogen) atoms. The second-order valence-corrected chi connectivity index (χ2v) is 5.82. The average Bonchev–Trinajstić information content (AvgIpc) is 2.59. The number of hydrogen-bond donors (Lipinski definition) is 0. The zero-order valence-electron chi connectivity index (χ0n) is 13.9. The Hall–Kier alpha value is -2.12. The first-order chi connectivity index (χ1) is 11.8. The van der Waals surface area contributed by atoms with Gasteiger partial charge in [-0.2, -0.15) is 0 Å². The van der Waals surface area contributed by atoms with E-state index in [0.29, 0.717) is 11.3 Å². The van der Waals surface area contributed by atoms with Crippen molar-refractivity contribution in [2.24, 2.45) is 4.99 Å². The molecule has 1 aliphatic heterocycles. The minimum Gasteiger partial charge on any atom is -0.497 e. The summed E-state index contributed by atoms with van der Waals surface area (Å²) in [4.78, 5) is 17.2. The van der Waals surface area contributed by atoms with E-state index in [-0.39, 0.29) is 5.78 Å². The first-order valence-electron chi connectivity index (χ1n) is 8.11. The number of dihydropyridines is 1. The molecular weight excluding hydrogens is 337 g/mol. The molecule has 0 saturated heterocycles. The Morgan fingerprint density at radius 3 is 2.24 bits per heavy atom. The summed E-state index contributed by atoms with van der Waals surface area (Å²) in [7, 11) is -4.37. The van der Waals surface area contributed by atoms with E-state index in [2.05, 4.69) is 4.99 Å². The van der Waals surface area contributed by atoms with Crippen LogP contribution in [0.25, 0.3) is 0 Å². The molecule has 0 spiro atoms. The van der Waals surface area contributed by atoms with E-state index in [1.807, 2.05) is 24.3 Å². The maximum Gasteiger partial charge on any atom is 0.673 e. The molecule has 3 rings (SSSR count). The summed E-state index contributed by atoms with van der Waals surface area (Å²) in [5.74, 6) is 0.825. The minimum absolute atomic E-state index is 0.0572. The van der Waals surface area contributed by atoms with Gasteiger partial charge in [-0.25, -0.2) is 0 Å². The van der Waals surface area contributed by atoms with E-state index < -0.39 is 7.25 Å². The van der Waals surface area contributed by atoms with Crippen molar-refractivity contribution < 1.29 is 26.8 Å². The van der Waals surface area contributed by atoms with Crippen LogP contribution < -0.4 is 4.74 Å². The lowest BCUT2D eigenvalue weighted by Gasteiger charge is -2.24. The summed E-state index contributed by atoms with van der Waals surface area (Å²) < 4.78 is 44.1. The normalized spacial score (nSPS) is 17.1. The van der Waals surface area contributed by atoms with Crippen molar-refractivity contribution in [1.29, 1.82) is 0 Å². The Morgan fingerprint density at radius 2 is 1.64 bits per heavy atom. The Bertz CT molecular complexity index is 675. The third-order valence-electron chi connectivity index (χ3n) is 4.12. The molecule has 2 aliphatic rings. The minimum atomic E-state index is -6.00. The smallest absolute Gasteiger partial charge is 0.497 e. The van der Waals surface area contributed by atoms with E-state index in [0.717, 1.165) is 31.6 Å². The summed E-state index contributed by atoms with van der Waals surface area (Å²) in [5, 5.41) is 0. The highest BCUT2D eigenvalue weighted by Gasteiger charge is 2.25. The van der Waals surface area contributed by atoms with Gasteiger partial charge in [0.2, 0.25) is 5.78 Å². The van der Waals surface area contributed by atoms with E-state index >= 15 is 0 Å². The van der Waals surface area contributed by atoms with Gasteiger partial charge < -0.3 is 22.0 Å². The quantitative estimate of drug-likeness (QED) is 0.439. The van der Waals surface area contributed by atoms with Gasteiger partial charge in [-0.05, 0) is 61.9 Å². The van der Waals surface area contributed by atoms with Crippen molar-refractivity contribution in [3.8, 4) is 5.75 Å². The van der Waals surface area contributed by atoms with Crippen LogP contribution >= 0.6 is 0 Å². The second-order valence-electron chi connectivity index (χ2n) is 5.82. The van der Waals surface area contributed by atoms with Crippen LogP contribution in [0.15, 0.2) is 40.4 Å². The van der Waals surface area contributed by atoms with Crippen LogP contribution in [0.3, 0.4) is 0 Å². The van der Waals surface area contributed by atoms with Crippen LogP contribution in [0.4, 0.5) is 17.3 Å². The zero-order valence-corrected chi connectivity index (χ0v) is 13.9. The zero-order chi connectivity index (χ0) is 18.4. The van der Waals surface area contributed by atoms with E-state index in [4.69, 9.17) is 4.74 Å². The number of Topliss-reactive ketones (excluding diaryl/α,β-unsaturated/α-hetero) is 1. The molecule has 0 saturated carbocycles. The maximum atomic E-state index is 12.6. The molecule has 0 atom stereocenters. The first-order valence-corrected chi connectivity index (χ1v) is 8.11. The van der Waals surface area contributed by atoms with Crippen molar-refractivity contribution in [2.45, 2.75) is 32.1 Å². The molecule has 0 N–H and O–H groups in total. The van der Waals surface area contributed by atoms with Crippen LogP contribution in [-0.2, 0) is 0 Å². The van der Waals surface area contributed by atoms with Crippen LogP contribution in [0.2, 0.25) is 0 Å². The van der Waals surface area contributed by atoms with Crippen molar-refractivity contribution in [3.05, 3.63) is 41.0 Å². The molecule has 1 aromatic carbocycles. The molecule has 8 heteroatoms. The number of aliphatic imine (C=N–C) groups is 1. The Kier molecular flexibility index (Phi) is 6.39. The summed E-state index contributed by atoms with van der Waals surface area (Å²) >= 11 is 0. The molecule has 3 nitrogen and oxygen atoms in total. The number of methoxy groups -OCH3 is 1. The average molecular weight is 356 g/mol. The molecule has 0 unspecified atom stereocenters. The molecular formula is C17H19BF4NO2-. The van der Waals surface area contributed by atoms with E-state index in [1.165, 1.54) is 24.0 Å². The largest absolute Gasteiger partial charge is 0.673 e. The molecule has 1 heterocycles. The number of allylic oxidation sites excluding steroid dienone is 1. The molecule has 0 amide bonds. The van der Waals surface area contributed by atoms with Crippen molar-refractivity contribution in [2.75, 3.05) is 13.7 Å². The van der Waals surface area contributed by atoms with Crippen molar-refractivity contribution in [3.63, 3.8) is 0 Å². The molecule has 0 aromatic heterocycles. The lowest BCUT2D eigenvalue weighted by Crippen LogP contribution is -2.24. The number of carbonyl (C=O) groups is 1. The van der Waals surface area contributed by atoms with Crippen molar-refractivity contribution >= 4 is 18.7 Å². The van der Waals surface area contributed by atoms with E-state index in [9.17, 15) is 22.1 Å². The standard InChI is InChI=1S/C17H19NO2.BF4/c1-20-14-8-6-13(7-9-14)17(19)16-15-5-3-2-4-12(15)10-11-18-16;2-1(3,4)5/h6-9H,2-5,10-11H2,1H3;/q;-1. The third-order valence-corrected chi connectivity index (χ3v) is 4.12. The fourth-order valence-corrected chi connectivity index (χ4v) is 3.02. The van der Waals surface area contributed by atoms with Gasteiger partial charge in [-0.1, -0.05) is 5.57 Å². The summed E-state index contributed by atoms with van der Waals surface area (Å²) in [5.41, 5.74) is 4.09. The number of benzene rings is 1. The number of carbonyl (C=O) groups excluding carboxylic acids is 1. The van der Waals surface area contributed by atoms with Gasteiger partial charge in [0.05, 0.1) is 7.11 Å². The molecule has 136 valence electrons. The van der Waals surface area contributed by atoms with E-state index in [1.54, 1.807) is 7.11 Å². The van der Waals surface area contributed by atoms with Gasteiger partial charge in [-0.3, -0.25) is 9.79 Å². The number of nitrogens with zero attached hydrogens (tertiary/aromatic N) is 1. The van der Waals surface area contributed by atoms with Crippen LogP contribution in [0.1, 0.15) is 42.5 Å². The highest BCUT2D eigenvalue weighted by Crippen LogP contribution is 2.31. The molecule has 0 radical (unpaired) electrons. The Labute approximate surface area is 143 Å². The fourth-order valence-electron chi connectivity index (χ4n) is 3.02. The highest BCUT2D eigenvalue weighted by atomic mass is 19.5. The van der Waals surface area contributed by atoms with Gasteiger partial charge in [0, 0.05) is 12.1 Å². The van der Waals surface area contributed by atoms with Gasteiger partial charge in [0.15, 0.2) is 0 Å². The first kappa shape index (κ1) is 19.2. The monoisotopic (exact) mass is 356 g/mol. The number of ether oxygens (including phenoxy) is 1. The summed E-state index contributed by atoms with van der Waals surface area (Å²) in [6, 6.07) is 7.29. The Morgan fingerprint density at radius 1 is 1.04 bits per heavy atom. The molecule has 1 aromatic rings.